The van der Waals surface area contributed by atoms with Crippen LogP contribution in [0.25, 0.3) is 0 Å². The minimum atomic E-state index is -0.638. The van der Waals surface area contributed by atoms with Crippen molar-refractivity contribution in [2.24, 2.45) is 7.05 Å². The van der Waals surface area contributed by atoms with Gasteiger partial charge in [-0.3, -0.25) is 0 Å². The lowest BCUT2D eigenvalue weighted by Crippen LogP contribution is -2.30. The van der Waals surface area contributed by atoms with Crippen molar-refractivity contribution in [2.45, 2.75) is 57.8 Å². The number of aromatic nitrogens is 2. The normalized spacial score (nSPS) is 16.4. The van der Waals surface area contributed by atoms with E-state index < -0.39 is 6.10 Å². The summed E-state index contributed by atoms with van der Waals surface area (Å²) in [5.41, 5.74) is 0.867. The van der Waals surface area contributed by atoms with E-state index >= 15 is 0 Å². The van der Waals surface area contributed by atoms with Gasteiger partial charge in [-0.2, -0.15) is 0 Å². The van der Waals surface area contributed by atoms with Gasteiger partial charge in [0.05, 0.1) is 13.2 Å². The highest BCUT2D eigenvalue weighted by atomic mass is 16.6. The summed E-state index contributed by atoms with van der Waals surface area (Å²) in [6, 6.07) is 9.68. The second-order valence-electron chi connectivity index (χ2n) is 7.00. The molecule has 3 rings (SSSR count). The van der Waals surface area contributed by atoms with E-state index in [1.165, 1.54) is 19.3 Å². The fourth-order valence-electron chi connectivity index (χ4n) is 3.45. The molecule has 140 valence electrons. The van der Waals surface area contributed by atoms with Crippen molar-refractivity contribution in [3.05, 3.63) is 54.1 Å². The lowest BCUT2D eigenvalue weighted by molar-refractivity contribution is -0.677. The smallest absolute Gasteiger partial charge is 0.340 e. The summed E-state index contributed by atoms with van der Waals surface area (Å²) < 4.78 is 15.9. The van der Waals surface area contributed by atoms with E-state index in [-0.39, 0.29) is 12.1 Å². The average molecular weight is 357 g/mol. The molecule has 0 N–H and O–H groups in total. The largest absolute Gasteiger partial charge is 0.459 e. The molecule has 0 saturated heterocycles. The molecule has 1 aliphatic rings. The molecule has 1 saturated carbocycles. The molecule has 1 atom stereocenters. The second-order valence-corrected chi connectivity index (χ2v) is 7.00. The lowest BCUT2D eigenvalue weighted by Gasteiger charge is -2.26. The summed E-state index contributed by atoms with van der Waals surface area (Å²) in [7, 11) is 2.00. The molecule has 0 amide bonds. The van der Waals surface area contributed by atoms with Gasteiger partial charge in [-0.15, -0.1) is 0 Å². The van der Waals surface area contributed by atoms with E-state index in [9.17, 15) is 4.79 Å². The maximum atomic E-state index is 12.7. The van der Waals surface area contributed by atoms with E-state index in [4.69, 9.17) is 9.47 Å². The van der Waals surface area contributed by atoms with Gasteiger partial charge in [-0.05, 0) is 18.4 Å². The highest BCUT2D eigenvalue weighted by Gasteiger charge is 2.27. The van der Waals surface area contributed by atoms with Gasteiger partial charge in [-0.1, -0.05) is 49.6 Å². The van der Waals surface area contributed by atoms with Crippen LogP contribution in [0.4, 0.5) is 0 Å². The summed E-state index contributed by atoms with van der Waals surface area (Å²) in [6.45, 7) is 3.02. The molecule has 1 unspecified atom stereocenters. The predicted octanol–water partition coefficient (Wildman–Crippen LogP) is 3.25. The number of nitrogens with zero attached hydrogens (tertiary/aromatic N) is 2. The number of imidazole rings is 1. The molecule has 2 aromatic rings. The van der Waals surface area contributed by atoms with Crippen molar-refractivity contribution in [1.82, 2.24) is 4.57 Å². The topological polar surface area (TPSA) is 44.3 Å². The summed E-state index contributed by atoms with van der Waals surface area (Å²) in [5.74, 6) is 0.829. The molecule has 26 heavy (non-hydrogen) atoms. The fourth-order valence-corrected chi connectivity index (χ4v) is 3.45. The van der Waals surface area contributed by atoms with Gasteiger partial charge in [0.1, 0.15) is 25.5 Å². The van der Waals surface area contributed by atoms with Crippen LogP contribution in [0.15, 0.2) is 42.7 Å². The number of aryl methyl sites for hydroxylation is 1. The Labute approximate surface area is 155 Å². The number of rotatable bonds is 7. The molecule has 1 aromatic carbocycles. The number of esters is 1. The van der Waals surface area contributed by atoms with Crippen LogP contribution in [0.2, 0.25) is 0 Å². The molecule has 1 fully saturated rings. The molecule has 5 nitrogen and oxygen atoms in total. The number of ether oxygens (including phenoxy) is 2. The molecule has 1 aromatic heterocycles. The first-order chi connectivity index (χ1) is 12.6. The SMILES string of the molecule is Cc1n(CCOC(=O)C(OC2CCCCC2)c2ccccc2)cc[n+]1C. The van der Waals surface area contributed by atoms with Gasteiger partial charge >= 0.3 is 5.97 Å². The van der Waals surface area contributed by atoms with Crippen LogP contribution in [0.5, 0.6) is 0 Å². The zero-order valence-corrected chi connectivity index (χ0v) is 15.8. The molecule has 0 radical (unpaired) electrons. The first-order valence-electron chi connectivity index (χ1n) is 9.53. The Balaban J connectivity index is 1.61. The number of benzene rings is 1. The zero-order chi connectivity index (χ0) is 18.4. The van der Waals surface area contributed by atoms with Crippen molar-refractivity contribution in [3.8, 4) is 0 Å². The third-order valence-electron chi connectivity index (χ3n) is 5.17. The Bertz CT molecular complexity index is 705. The Hall–Kier alpha value is -2.14. The summed E-state index contributed by atoms with van der Waals surface area (Å²) in [6.07, 6.45) is 9.15. The van der Waals surface area contributed by atoms with Gasteiger partial charge in [0.15, 0.2) is 6.10 Å². The zero-order valence-electron chi connectivity index (χ0n) is 15.8. The maximum absolute atomic E-state index is 12.7. The average Bonchev–Trinajstić information content (AvgIpc) is 3.00. The minimum absolute atomic E-state index is 0.146. The predicted molar refractivity (Wildman–Crippen MR) is 98.4 cm³/mol. The molecular formula is C21H29N2O3+. The standard InChI is InChI=1S/C21H29N2O3/c1-17-22(2)13-14-23(17)15-16-25-21(24)20(18-9-5-3-6-10-18)26-19-11-7-4-8-12-19/h3,5-6,9-10,13-14,19-20H,4,7-8,11-12,15-16H2,1-2H3/q+1. The Morgan fingerprint density at radius 2 is 1.96 bits per heavy atom. The molecule has 1 heterocycles. The monoisotopic (exact) mass is 357 g/mol. The third kappa shape index (κ3) is 4.73. The van der Waals surface area contributed by atoms with Crippen LogP contribution in [0.3, 0.4) is 0 Å². The van der Waals surface area contributed by atoms with Crippen LogP contribution in [0.1, 0.15) is 49.6 Å². The van der Waals surface area contributed by atoms with Gasteiger partial charge in [0.2, 0.25) is 0 Å². The molecule has 5 heteroatoms. The van der Waals surface area contributed by atoms with E-state index in [1.54, 1.807) is 0 Å². The fraction of sp³-hybridized carbons (Fsp3) is 0.524. The number of hydrogen-bond donors (Lipinski definition) is 0. The van der Waals surface area contributed by atoms with E-state index in [0.717, 1.165) is 24.2 Å². The Morgan fingerprint density at radius 1 is 1.23 bits per heavy atom. The number of carbonyl (C=O) groups is 1. The first-order valence-corrected chi connectivity index (χ1v) is 9.53. The van der Waals surface area contributed by atoms with Crippen molar-refractivity contribution in [3.63, 3.8) is 0 Å². The van der Waals surface area contributed by atoms with Crippen LogP contribution in [-0.2, 0) is 27.9 Å². The molecule has 0 spiro atoms. The van der Waals surface area contributed by atoms with Crippen molar-refractivity contribution < 1.29 is 18.8 Å². The van der Waals surface area contributed by atoms with E-state index in [1.807, 2.05) is 61.3 Å². The summed E-state index contributed by atoms with van der Waals surface area (Å²) in [4.78, 5) is 12.7. The highest BCUT2D eigenvalue weighted by Crippen LogP contribution is 2.28. The van der Waals surface area contributed by atoms with Gasteiger partial charge in [-0.25, -0.2) is 13.9 Å². The minimum Gasteiger partial charge on any atom is -0.459 e. The van der Waals surface area contributed by atoms with E-state index in [2.05, 4.69) is 4.57 Å². The van der Waals surface area contributed by atoms with Crippen molar-refractivity contribution in [2.75, 3.05) is 6.61 Å². The first kappa shape index (κ1) is 18.6. The maximum Gasteiger partial charge on any atom is 0.340 e. The molecule has 0 bridgehead atoms. The van der Waals surface area contributed by atoms with Gasteiger partial charge < -0.3 is 9.47 Å². The van der Waals surface area contributed by atoms with Crippen molar-refractivity contribution >= 4 is 5.97 Å². The Morgan fingerprint density at radius 3 is 2.62 bits per heavy atom. The number of carbonyl (C=O) groups excluding carboxylic acids is 1. The van der Waals surface area contributed by atoms with Crippen molar-refractivity contribution in [1.29, 1.82) is 0 Å². The highest BCUT2D eigenvalue weighted by molar-refractivity contribution is 5.76. The Kier molecular flexibility index (Phi) is 6.45. The quantitative estimate of drug-likeness (QED) is 0.564. The van der Waals surface area contributed by atoms with E-state index in [0.29, 0.717) is 13.2 Å². The van der Waals surface area contributed by atoms with Crippen LogP contribution >= 0.6 is 0 Å². The lowest BCUT2D eigenvalue weighted by atomic mass is 9.97. The van der Waals surface area contributed by atoms with Gasteiger partial charge in [0.25, 0.3) is 5.82 Å². The van der Waals surface area contributed by atoms with Crippen LogP contribution in [-0.4, -0.2) is 23.2 Å². The van der Waals surface area contributed by atoms with Gasteiger partial charge in [0, 0.05) is 6.92 Å². The summed E-state index contributed by atoms with van der Waals surface area (Å²) >= 11 is 0. The van der Waals surface area contributed by atoms with Crippen LogP contribution in [0, 0.1) is 6.92 Å². The molecule has 0 aliphatic heterocycles. The number of hydrogen-bond acceptors (Lipinski definition) is 3. The molecule has 1 aliphatic carbocycles. The third-order valence-corrected chi connectivity index (χ3v) is 5.17. The van der Waals surface area contributed by atoms with Crippen LogP contribution < -0.4 is 4.57 Å². The molecular weight excluding hydrogens is 328 g/mol. The summed E-state index contributed by atoms with van der Waals surface area (Å²) in [5, 5.41) is 0. The second kappa shape index (κ2) is 8.99.